The Morgan fingerprint density at radius 3 is 1.50 bits per heavy atom. The Labute approximate surface area is 412 Å². The molecule has 0 saturated carbocycles. The van der Waals surface area contributed by atoms with Crippen molar-refractivity contribution in [3.05, 3.63) is 176 Å². The summed E-state index contributed by atoms with van der Waals surface area (Å²) in [6.07, 6.45) is 4.29. The van der Waals surface area contributed by atoms with Crippen LogP contribution in [0.1, 0.15) is 44.7 Å². The fourth-order valence-electron chi connectivity index (χ4n) is 10.1. The van der Waals surface area contributed by atoms with Gasteiger partial charge in [0.15, 0.2) is 23.1 Å². The van der Waals surface area contributed by atoms with Crippen molar-refractivity contribution in [2.45, 2.75) is 25.9 Å². The van der Waals surface area contributed by atoms with Gasteiger partial charge in [0.05, 0.1) is 36.0 Å². The molecule has 72 heavy (non-hydrogen) atoms. The predicted molar refractivity (Wildman–Crippen MR) is 276 cm³/mol. The van der Waals surface area contributed by atoms with Gasteiger partial charge in [-0.1, -0.05) is 91.0 Å². The second-order valence-corrected chi connectivity index (χ2v) is 18.3. The van der Waals surface area contributed by atoms with Gasteiger partial charge in [-0.15, -0.1) is 0 Å². The maximum Gasteiger partial charge on any atom is 0.341 e. The number of anilines is 2. The summed E-state index contributed by atoms with van der Waals surface area (Å²) in [4.78, 5) is 53.7. The second kappa shape index (κ2) is 20.7. The first kappa shape index (κ1) is 48.9. The van der Waals surface area contributed by atoms with Crippen LogP contribution in [0.25, 0.3) is 43.7 Å². The van der Waals surface area contributed by atoms with Crippen LogP contribution in [0.15, 0.2) is 131 Å². The first-order valence-corrected chi connectivity index (χ1v) is 23.7. The summed E-state index contributed by atoms with van der Waals surface area (Å²) >= 11 is 0. The summed E-state index contributed by atoms with van der Waals surface area (Å²) in [5, 5.41) is 21.4. The van der Waals surface area contributed by atoms with Gasteiger partial charge < -0.3 is 50.1 Å². The molecule has 16 heteroatoms. The zero-order valence-corrected chi connectivity index (χ0v) is 39.8. The number of hydrogen-bond acceptors (Lipinski definition) is 10. The monoisotopic (exact) mass is 976 g/mol. The van der Waals surface area contributed by atoms with Gasteiger partial charge in [-0.25, -0.2) is 18.4 Å². The quantitative estimate of drug-likeness (QED) is 0.0867. The second-order valence-electron chi connectivity index (χ2n) is 18.3. The molecule has 2 aliphatic rings. The predicted octanol–water partition coefficient (Wildman–Crippen LogP) is 8.18. The molecule has 2 aliphatic heterocycles. The minimum absolute atomic E-state index is 0.0293. The summed E-state index contributed by atoms with van der Waals surface area (Å²) in [5.41, 5.74) is 14.5. The number of methoxy groups -OCH3 is 2. The third-order valence-electron chi connectivity index (χ3n) is 13.8. The normalized spacial score (nSPS) is 15.5. The van der Waals surface area contributed by atoms with Crippen LogP contribution in [0, 0.1) is 23.5 Å². The summed E-state index contributed by atoms with van der Waals surface area (Å²) < 4.78 is 45.7. The highest BCUT2D eigenvalue weighted by atomic mass is 19.1. The van der Waals surface area contributed by atoms with Crippen molar-refractivity contribution in [1.29, 1.82) is 0 Å². The van der Waals surface area contributed by atoms with Crippen molar-refractivity contribution in [3.8, 4) is 22.6 Å². The lowest BCUT2D eigenvalue weighted by molar-refractivity contribution is 0.0684. The number of ether oxygens (including phenoxy) is 2. The minimum atomic E-state index is -1.37. The fourth-order valence-corrected chi connectivity index (χ4v) is 10.1. The third-order valence-corrected chi connectivity index (χ3v) is 13.8. The maximum absolute atomic E-state index is 15.5. The maximum atomic E-state index is 15.5. The van der Waals surface area contributed by atoms with Gasteiger partial charge >= 0.3 is 11.9 Å². The Morgan fingerprint density at radius 1 is 0.597 bits per heavy atom. The van der Waals surface area contributed by atoms with Gasteiger partial charge in [-0.3, -0.25) is 9.59 Å². The molecule has 0 unspecified atom stereocenters. The number of carboxylic acid groups (broad SMARTS) is 2. The zero-order chi connectivity index (χ0) is 50.8. The van der Waals surface area contributed by atoms with Gasteiger partial charge in [0, 0.05) is 51.7 Å². The van der Waals surface area contributed by atoms with E-state index in [1.165, 1.54) is 26.6 Å². The van der Waals surface area contributed by atoms with Crippen LogP contribution in [0.2, 0.25) is 0 Å². The SMILES string of the molecule is COc1c(N2CC[C@@H](CN)C2)c(F)cc2c(=O)c(C(=O)O)cn(Cc3ccc(-c4ccccc4)cc3)c12.COc1c(N2CC[C@@H](CN)C2)c(F)cc2c(=O)c(C(=O)O)cn(Cc3ccc4ccccc4c3)c12. The van der Waals surface area contributed by atoms with E-state index in [4.69, 9.17) is 20.9 Å². The number of hydrogen-bond donors (Lipinski definition) is 4. The molecule has 370 valence electrons. The standard InChI is InChI=1S/C29H28FN3O4.C27H26FN3O4/c1-37-28-25-22(13-24(30)26(28)32-12-11-19(14-31)16-32)27(34)23(29(35)36)17-33(25)15-18-7-9-21(10-8-18)20-5-3-2-4-6-20;1-35-26-23-20(11-22(28)24(26)30-9-8-17(12-29)14-30)25(32)21(27(33)34)15-31(23)13-16-6-7-18-4-2-3-5-19(18)10-16/h2-10,13,17,19H,11-12,14-16,31H2,1H3,(H,35,36);2-7,10-11,15,17H,8-9,12-14,29H2,1H3,(H,33,34)/t19-;17-/m00/s1. The Kier molecular flexibility index (Phi) is 14.1. The molecule has 2 saturated heterocycles. The number of fused-ring (bicyclic) bond motifs is 3. The van der Waals surface area contributed by atoms with Crippen molar-refractivity contribution in [2.24, 2.45) is 23.3 Å². The average Bonchev–Trinajstić information content (AvgIpc) is 4.08. The lowest BCUT2D eigenvalue weighted by atomic mass is 10.0. The van der Waals surface area contributed by atoms with Gasteiger partial charge in [0.2, 0.25) is 10.9 Å². The van der Waals surface area contributed by atoms with Gasteiger partial charge in [-0.05, 0) is 89.0 Å². The van der Waals surface area contributed by atoms with E-state index < -0.39 is 45.6 Å². The minimum Gasteiger partial charge on any atom is -0.492 e. The lowest BCUT2D eigenvalue weighted by Crippen LogP contribution is -2.25. The van der Waals surface area contributed by atoms with Crippen LogP contribution in [0.5, 0.6) is 11.5 Å². The number of carboxylic acids is 2. The molecule has 2 fully saturated rings. The van der Waals surface area contributed by atoms with Crippen molar-refractivity contribution in [2.75, 3.05) is 63.3 Å². The van der Waals surface area contributed by atoms with E-state index in [1.807, 2.05) is 107 Å². The molecule has 0 radical (unpaired) electrons. The average molecular weight is 977 g/mol. The number of halogens is 2. The zero-order valence-electron chi connectivity index (χ0n) is 39.8. The van der Waals surface area contributed by atoms with Gasteiger partial charge in [-0.2, -0.15) is 0 Å². The molecular weight excluding hydrogens is 923 g/mol. The number of benzene rings is 6. The van der Waals surface area contributed by atoms with Crippen molar-refractivity contribution < 1.29 is 38.1 Å². The molecule has 6 aromatic carbocycles. The molecule has 0 bridgehead atoms. The van der Waals surface area contributed by atoms with Crippen molar-refractivity contribution in [1.82, 2.24) is 9.13 Å². The molecule has 4 heterocycles. The highest BCUT2D eigenvalue weighted by molar-refractivity contribution is 5.98. The van der Waals surface area contributed by atoms with Crippen LogP contribution in [0.4, 0.5) is 20.2 Å². The Morgan fingerprint density at radius 2 is 1.04 bits per heavy atom. The van der Waals surface area contributed by atoms with Crippen LogP contribution >= 0.6 is 0 Å². The van der Waals surface area contributed by atoms with E-state index in [9.17, 15) is 29.4 Å². The van der Waals surface area contributed by atoms with Crippen LogP contribution in [-0.2, 0) is 13.1 Å². The molecule has 0 spiro atoms. The van der Waals surface area contributed by atoms with Crippen LogP contribution in [-0.4, -0.2) is 84.8 Å². The summed E-state index contributed by atoms with van der Waals surface area (Å²) in [6, 6.07) is 34.0. The number of pyridine rings is 2. The Hall–Kier alpha value is -8.08. The number of rotatable bonds is 13. The van der Waals surface area contributed by atoms with Gasteiger partial charge in [0.25, 0.3) is 0 Å². The molecule has 6 N–H and O–H groups in total. The number of aromatic nitrogens is 2. The van der Waals surface area contributed by atoms with Crippen LogP contribution in [0.3, 0.4) is 0 Å². The van der Waals surface area contributed by atoms with Crippen molar-refractivity contribution >= 4 is 55.9 Å². The molecule has 10 rings (SSSR count). The number of carbonyl (C=O) groups is 2. The number of aromatic carboxylic acids is 2. The smallest absolute Gasteiger partial charge is 0.341 e. The summed E-state index contributed by atoms with van der Waals surface area (Å²) in [6.45, 7) is 3.92. The van der Waals surface area contributed by atoms with E-state index in [1.54, 1.807) is 9.13 Å². The Balaban J connectivity index is 0.000000178. The van der Waals surface area contributed by atoms with E-state index in [-0.39, 0.29) is 58.6 Å². The molecule has 0 amide bonds. The largest absolute Gasteiger partial charge is 0.492 e. The molecule has 2 atom stereocenters. The number of nitrogens with two attached hydrogens (primary N) is 2. The summed E-state index contributed by atoms with van der Waals surface area (Å²) in [7, 11) is 2.87. The van der Waals surface area contributed by atoms with Crippen molar-refractivity contribution in [3.63, 3.8) is 0 Å². The molecule has 0 aliphatic carbocycles. The first-order valence-electron chi connectivity index (χ1n) is 23.7. The van der Waals surface area contributed by atoms with E-state index in [0.29, 0.717) is 50.3 Å². The topological polar surface area (TPSA) is 196 Å². The van der Waals surface area contributed by atoms with Crippen LogP contribution < -0.4 is 41.6 Å². The van der Waals surface area contributed by atoms with E-state index >= 15 is 8.78 Å². The number of nitrogens with zero attached hydrogens (tertiary/aromatic N) is 4. The first-order chi connectivity index (χ1) is 34.8. The summed E-state index contributed by atoms with van der Waals surface area (Å²) in [5.74, 6) is -3.07. The van der Waals surface area contributed by atoms with E-state index in [0.717, 1.165) is 58.0 Å². The lowest BCUT2D eigenvalue weighted by Gasteiger charge is -2.25. The highest BCUT2D eigenvalue weighted by Gasteiger charge is 2.32. The van der Waals surface area contributed by atoms with Gasteiger partial charge in [0.1, 0.15) is 22.5 Å². The Bertz CT molecular complexity index is 3490. The molecular formula is C56H54F2N6O8. The molecule has 14 nitrogen and oxygen atoms in total. The van der Waals surface area contributed by atoms with E-state index in [2.05, 4.69) is 0 Å². The molecule has 8 aromatic rings. The highest BCUT2D eigenvalue weighted by Crippen LogP contribution is 2.42. The molecule has 2 aromatic heterocycles. The third kappa shape index (κ3) is 9.45. The fraction of sp³-hybridized carbons (Fsp3) is 0.250.